The lowest BCUT2D eigenvalue weighted by atomic mass is 9.98. The van der Waals surface area contributed by atoms with Crippen LogP contribution in [-0.2, 0) is 32.2 Å². The number of anilines is 2. The molecule has 1 aliphatic heterocycles. The maximum absolute atomic E-state index is 12.8. The van der Waals surface area contributed by atoms with Crippen LogP contribution in [0.25, 0.3) is 0 Å². The van der Waals surface area contributed by atoms with E-state index in [1.807, 2.05) is 54.6 Å². The summed E-state index contributed by atoms with van der Waals surface area (Å²) >= 11 is 0. The zero-order valence-corrected chi connectivity index (χ0v) is 21.3. The van der Waals surface area contributed by atoms with E-state index >= 15 is 0 Å². The molecule has 192 valence electrons. The van der Waals surface area contributed by atoms with Crippen molar-refractivity contribution in [2.75, 3.05) is 24.7 Å². The quantitative estimate of drug-likeness (QED) is 0.265. The minimum absolute atomic E-state index is 0.0458. The highest BCUT2D eigenvalue weighted by molar-refractivity contribution is 6.35. The highest BCUT2D eigenvalue weighted by atomic mass is 16.5. The van der Waals surface area contributed by atoms with Gasteiger partial charge >= 0.3 is 17.8 Å². The molecule has 0 atom stereocenters. The Hall–Kier alpha value is -4.27. The smallest absolute Gasteiger partial charge is 0.312 e. The molecular weight excluding hydrogens is 470 g/mol. The topological polar surface area (TPSA) is 95.9 Å². The Labute approximate surface area is 216 Å². The van der Waals surface area contributed by atoms with Gasteiger partial charge in [-0.3, -0.25) is 19.3 Å². The van der Waals surface area contributed by atoms with Crippen LogP contribution in [-0.4, -0.2) is 57.4 Å². The summed E-state index contributed by atoms with van der Waals surface area (Å²) in [7, 11) is 0. The van der Waals surface area contributed by atoms with Gasteiger partial charge in [-0.15, -0.1) is 0 Å². The van der Waals surface area contributed by atoms with E-state index in [0.29, 0.717) is 32.1 Å². The number of aromatic nitrogens is 2. The third kappa shape index (κ3) is 6.49. The van der Waals surface area contributed by atoms with Crippen LogP contribution in [0.2, 0.25) is 0 Å². The first kappa shape index (κ1) is 25.8. The van der Waals surface area contributed by atoms with E-state index in [1.54, 1.807) is 53.9 Å². The second-order valence-corrected chi connectivity index (χ2v) is 9.89. The van der Waals surface area contributed by atoms with E-state index in [2.05, 4.69) is 9.97 Å². The second-order valence-electron chi connectivity index (χ2n) is 9.89. The van der Waals surface area contributed by atoms with Crippen LogP contribution in [0.4, 0.5) is 11.6 Å². The lowest BCUT2D eigenvalue weighted by Gasteiger charge is -2.34. The lowest BCUT2D eigenvalue weighted by molar-refractivity contribution is -0.156. The molecule has 2 aromatic carbocycles. The molecule has 0 radical (unpaired) electrons. The first-order valence-electron chi connectivity index (χ1n) is 12.2. The van der Waals surface area contributed by atoms with E-state index in [-0.39, 0.29) is 12.7 Å². The zero-order chi connectivity index (χ0) is 26.4. The first-order valence-corrected chi connectivity index (χ1v) is 12.2. The Morgan fingerprint density at radius 1 is 0.838 bits per heavy atom. The molecule has 0 spiro atoms. The van der Waals surface area contributed by atoms with Crippen molar-refractivity contribution in [1.82, 2.24) is 19.8 Å². The number of benzene rings is 2. The van der Waals surface area contributed by atoms with Gasteiger partial charge in [0.15, 0.2) is 6.73 Å². The molecular formula is C28H31N5O4. The number of amides is 2. The molecule has 0 bridgehead atoms. The Morgan fingerprint density at radius 2 is 1.38 bits per heavy atom. The number of piperazine rings is 1. The van der Waals surface area contributed by atoms with E-state index in [1.165, 1.54) is 0 Å². The molecule has 1 saturated heterocycles. The Morgan fingerprint density at radius 3 is 1.92 bits per heavy atom. The molecule has 9 nitrogen and oxygen atoms in total. The fourth-order valence-electron chi connectivity index (χ4n) is 3.84. The predicted octanol–water partition coefficient (Wildman–Crippen LogP) is 3.53. The average molecular weight is 502 g/mol. The van der Waals surface area contributed by atoms with Crippen molar-refractivity contribution < 1.29 is 19.1 Å². The molecule has 0 N–H and O–H groups in total. The van der Waals surface area contributed by atoms with Crippen LogP contribution in [0.3, 0.4) is 0 Å². The number of esters is 1. The van der Waals surface area contributed by atoms with Crippen LogP contribution in [0.15, 0.2) is 73.1 Å². The van der Waals surface area contributed by atoms with Crippen LogP contribution in [0.1, 0.15) is 31.9 Å². The fourth-order valence-corrected chi connectivity index (χ4v) is 3.84. The van der Waals surface area contributed by atoms with Crippen molar-refractivity contribution in [3.8, 4) is 0 Å². The Balaban J connectivity index is 1.42. The van der Waals surface area contributed by atoms with Gasteiger partial charge in [0.2, 0.25) is 5.95 Å². The molecule has 2 heterocycles. The minimum Gasteiger partial charge on any atom is -0.443 e. The van der Waals surface area contributed by atoms with Gasteiger partial charge in [0, 0.05) is 44.3 Å². The summed E-state index contributed by atoms with van der Waals surface area (Å²) in [6.07, 6.45) is 3.24. The predicted molar refractivity (Wildman–Crippen MR) is 138 cm³/mol. The van der Waals surface area contributed by atoms with Gasteiger partial charge in [-0.2, -0.15) is 0 Å². The number of hydrogen-bond donors (Lipinski definition) is 0. The molecule has 9 heteroatoms. The van der Waals surface area contributed by atoms with Crippen molar-refractivity contribution in [2.24, 2.45) is 5.41 Å². The number of hydrogen-bond acceptors (Lipinski definition) is 7. The van der Waals surface area contributed by atoms with Crippen LogP contribution in [0.5, 0.6) is 0 Å². The largest absolute Gasteiger partial charge is 0.443 e. The standard InChI is InChI=1S/C28H31N5O4/c1-28(2,3)26(36)37-20-33(27-29-14-7-15-30-27)23-12-10-22(11-13-23)19-32-17-16-31(24(34)25(32)35)18-21-8-5-4-6-9-21/h4-15H,16-20H2,1-3H3. The van der Waals surface area contributed by atoms with Crippen molar-refractivity contribution in [3.05, 3.63) is 84.2 Å². The second kappa shape index (κ2) is 11.2. The Bertz CT molecular complexity index is 1230. The monoisotopic (exact) mass is 501 g/mol. The summed E-state index contributed by atoms with van der Waals surface area (Å²) in [6.45, 7) is 7.02. The van der Waals surface area contributed by atoms with Crippen molar-refractivity contribution >= 4 is 29.4 Å². The fraction of sp³-hybridized carbons (Fsp3) is 0.321. The number of ether oxygens (including phenoxy) is 1. The van der Waals surface area contributed by atoms with Crippen LogP contribution >= 0.6 is 0 Å². The molecule has 2 amide bonds. The molecule has 37 heavy (non-hydrogen) atoms. The molecule has 3 aromatic rings. The van der Waals surface area contributed by atoms with E-state index in [4.69, 9.17) is 4.74 Å². The third-order valence-electron chi connectivity index (χ3n) is 5.97. The van der Waals surface area contributed by atoms with Crippen molar-refractivity contribution in [2.45, 2.75) is 33.9 Å². The summed E-state index contributed by atoms with van der Waals surface area (Å²) in [5.41, 5.74) is 1.96. The highest BCUT2D eigenvalue weighted by Gasteiger charge is 2.32. The highest BCUT2D eigenvalue weighted by Crippen LogP contribution is 2.24. The van der Waals surface area contributed by atoms with Crippen molar-refractivity contribution in [1.29, 1.82) is 0 Å². The van der Waals surface area contributed by atoms with Gasteiger partial charge in [-0.25, -0.2) is 9.97 Å². The molecule has 1 aromatic heterocycles. The maximum atomic E-state index is 12.8. The summed E-state index contributed by atoms with van der Waals surface area (Å²) in [5, 5.41) is 0. The number of nitrogens with zero attached hydrogens (tertiary/aromatic N) is 5. The van der Waals surface area contributed by atoms with Gasteiger partial charge in [0.05, 0.1) is 5.41 Å². The summed E-state index contributed by atoms with van der Waals surface area (Å²) in [5.74, 6) is -0.925. The average Bonchev–Trinajstić information content (AvgIpc) is 2.90. The van der Waals surface area contributed by atoms with Gasteiger partial charge in [-0.1, -0.05) is 42.5 Å². The van der Waals surface area contributed by atoms with E-state index < -0.39 is 17.2 Å². The summed E-state index contributed by atoms with van der Waals surface area (Å²) < 4.78 is 5.52. The molecule has 1 aliphatic rings. The SMILES string of the molecule is CC(C)(C)C(=O)OCN(c1ccc(CN2CCN(Cc3ccccc3)C(=O)C2=O)cc1)c1ncccn1. The number of rotatable bonds is 8. The van der Waals surface area contributed by atoms with E-state index in [9.17, 15) is 14.4 Å². The Kier molecular flexibility index (Phi) is 7.81. The van der Waals surface area contributed by atoms with Crippen LogP contribution in [0, 0.1) is 5.41 Å². The molecule has 0 saturated carbocycles. The third-order valence-corrected chi connectivity index (χ3v) is 5.97. The molecule has 0 unspecified atom stereocenters. The van der Waals surface area contributed by atoms with Gasteiger partial charge in [0.25, 0.3) is 0 Å². The maximum Gasteiger partial charge on any atom is 0.312 e. The minimum atomic E-state index is -0.637. The molecule has 4 rings (SSSR count). The zero-order valence-electron chi connectivity index (χ0n) is 21.3. The molecule has 0 aliphatic carbocycles. The number of carbonyl (C=O) groups excluding carboxylic acids is 3. The molecule has 1 fully saturated rings. The van der Waals surface area contributed by atoms with E-state index in [0.717, 1.165) is 16.8 Å². The number of carbonyl (C=O) groups is 3. The lowest BCUT2D eigenvalue weighted by Crippen LogP contribution is -2.53. The summed E-state index contributed by atoms with van der Waals surface area (Å²) in [4.78, 5) is 51.3. The summed E-state index contributed by atoms with van der Waals surface area (Å²) in [6, 6.07) is 18.8. The van der Waals surface area contributed by atoms with Crippen molar-refractivity contribution in [3.63, 3.8) is 0 Å². The van der Waals surface area contributed by atoms with Gasteiger partial charge in [0.1, 0.15) is 0 Å². The van der Waals surface area contributed by atoms with Gasteiger partial charge in [-0.05, 0) is 50.1 Å². The van der Waals surface area contributed by atoms with Crippen LogP contribution < -0.4 is 4.90 Å². The van der Waals surface area contributed by atoms with Gasteiger partial charge < -0.3 is 14.5 Å². The first-order chi connectivity index (χ1) is 17.7. The normalized spacial score (nSPS) is 14.0.